The Hall–Kier alpha value is -3.64. The fraction of sp³-hybridized carbons (Fsp3) is 0.259. The number of carboxylic acid groups (broad SMARTS) is 1. The average Bonchev–Trinajstić information content (AvgIpc) is 2.89. The molecule has 2 N–H and O–H groups in total. The van der Waals surface area contributed by atoms with E-state index in [0.717, 1.165) is 19.3 Å². The predicted octanol–water partition coefficient (Wildman–Crippen LogP) is 5.53. The predicted molar refractivity (Wildman–Crippen MR) is 140 cm³/mol. The minimum Gasteiger partial charge on any atom is -0.478 e. The van der Waals surface area contributed by atoms with Gasteiger partial charge >= 0.3 is 5.97 Å². The first-order valence-electron chi connectivity index (χ1n) is 11.6. The number of pyridine rings is 1. The van der Waals surface area contributed by atoms with E-state index in [0.29, 0.717) is 34.0 Å². The number of carbonyl (C=O) groups is 2. The zero-order valence-electron chi connectivity index (χ0n) is 19.6. The van der Waals surface area contributed by atoms with Crippen LogP contribution in [0.1, 0.15) is 47.6 Å². The number of carbonyl (C=O) groups excluding carboxylic acids is 1. The van der Waals surface area contributed by atoms with E-state index in [-0.39, 0.29) is 23.1 Å². The molecule has 2 aromatic carbocycles. The van der Waals surface area contributed by atoms with Gasteiger partial charge in [0.2, 0.25) is 5.91 Å². The molecule has 0 saturated carbocycles. The van der Waals surface area contributed by atoms with Crippen molar-refractivity contribution in [2.24, 2.45) is 0 Å². The number of aromatic carboxylic acids is 1. The number of hydrogen-bond donors (Lipinski definition) is 2. The Labute approximate surface area is 223 Å². The molecule has 10 heteroatoms. The van der Waals surface area contributed by atoms with Crippen molar-refractivity contribution >= 4 is 40.8 Å². The number of anilines is 1. The van der Waals surface area contributed by atoms with Gasteiger partial charge in [0.25, 0.3) is 5.56 Å². The summed E-state index contributed by atoms with van der Waals surface area (Å²) < 4.78 is 7.10. The second kappa shape index (κ2) is 11.6. The molecule has 1 fully saturated rings. The zero-order chi connectivity index (χ0) is 26.5. The van der Waals surface area contributed by atoms with E-state index in [4.69, 9.17) is 33.0 Å². The molecule has 0 spiro atoms. The monoisotopic (exact) mass is 539 g/mol. The Morgan fingerprint density at radius 2 is 1.89 bits per heavy atom. The number of halogens is 2. The van der Waals surface area contributed by atoms with Crippen molar-refractivity contribution in [1.82, 2.24) is 4.57 Å². The summed E-state index contributed by atoms with van der Waals surface area (Å²) in [5.74, 6) is -1.55. The third kappa shape index (κ3) is 6.20. The zero-order valence-corrected chi connectivity index (χ0v) is 21.1. The van der Waals surface area contributed by atoms with Gasteiger partial charge in [0.15, 0.2) is 0 Å². The van der Waals surface area contributed by atoms with Crippen molar-refractivity contribution in [2.75, 3.05) is 11.9 Å². The van der Waals surface area contributed by atoms with Crippen molar-refractivity contribution in [3.05, 3.63) is 86.3 Å². The van der Waals surface area contributed by atoms with Gasteiger partial charge < -0.3 is 19.7 Å². The number of rotatable bonds is 7. The maximum absolute atomic E-state index is 13.4. The molecular formula is C27H23Cl2N3O5. The molecule has 1 amide bonds. The van der Waals surface area contributed by atoms with E-state index in [1.54, 1.807) is 18.2 Å². The largest absolute Gasteiger partial charge is 0.478 e. The van der Waals surface area contributed by atoms with Gasteiger partial charge in [0.1, 0.15) is 6.04 Å². The maximum Gasteiger partial charge on any atom is 0.335 e. The Morgan fingerprint density at radius 3 is 2.54 bits per heavy atom. The van der Waals surface area contributed by atoms with Crippen LogP contribution in [0.15, 0.2) is 59.5 Å². The number of amides is 1. The number of carboxylic acids is 1. The Balaban J connectivity index is 1.70. The third-order valence-corrected chi connectivity index (χ3v) is 6.76. The molecule has 1 saturated heterocycles. The SMILES string of the molecule is N#Cc1ccc(Cl)cc1-c1cc(=O)n(C(CC2CCCCO2)C(=O)Nc2ccc(C(=O)O)cc2)cc1Cl. The van der Waals surface area contributed by atoms with Crippen molar-refractivity contribution in [3.63, 3.8) is 0 Å². The molecule has 2 heterocycles. The fourth-order valence-electron chi connectivity index (χ4n) is 4.32. The second-order valence-corrected chi connectivity index (χ2v) is 9.54. The number of hydrogen-bond acceptors (Lipinski definition) is 5. The highest BCUT2D eigenvalue weighted by molar-refractivity contribution is 6.34. The van der Waals surface area contributed by atoms with Crippen molar-refractivity contribution in [1.29, 1.82) is 5.26 Å². The molecule has 4 rings (SSSR count). The molecule has 0 radical (unpaired) electrons. The number of benzene rings is 2. The Kier molecular flexibility index (Phi) is 8.29. The van der Waals surface area contributed by atoms with E-state index < -0.39 is 23.5 Å². The third-order valence-electron chi connectivity index (χ3n) is 6.22. The minimum absolute atomic E-state index is 0.0847. The van der Waals surface area contributed by atoms with Crippen LogP contribution in [0.25, 0.3) is 11.1 Å². The quantitative estimate of drug-likeness (QED) is 0.407. The lowest BCUT2D eigenvalue weighted by molar-refractivity contribution is -0.121. The van der Waals surface area contributed by atoms with Gasteiger partial charge in [-0.05, 0) is 61.7 Å². The highest BCUT2D eigenvalue weighted by Gasteiger charge is 2.28. The normalized spacial score (nSPS) is 16.0. The van der Waals surface area contributed by atoms with Gasteiger partial charge in [-0.15, -0.1) is 0 Å². The number of ether oxygens (including phenoxy) is 1. The van der Waals surface area contributed by atoms with E-state index in [9.17, 15) is 19.6 Å². The summed E-state index contributed by atoms with van der Waals surface area (Å²) in [7, 11) is 0. The lowest BCUT2D eigenvalue weighted by Crippen LogP contribution is -2.36. The molecule has 0 aliphatic carbocycles. The Bertz CT molecular complexity index is 1420. The number of nitrogens with zero attached hydrogens (tertiary/aromatic N) is 2. The van der Waals surface area contributed by atoms with Crippen LogP contribution in [0.5, 0.6) is 0 Å². The van der Waals surface area contributed by atoms with Crippen molar-refractivity contribution in [3.8, 4) is 17.2 Å². The lowest BCUT2D eigenvalue weighted by Gasteiger charge is -2.28. The standard InChI is InChI=1S/C27H23Cl2N3O5/c28-18-7-4-17(14-30)21(11-18)22-13-25(33)32(15-23(22)29)24(12-20-3-1-2-10-37-20)26(34)31-19-8-5-16(6-9-19)27(35)36/h4-9,11,13,15,20,24H,1-3,10,12H2,(H,31,34)(H,35,36). The topological polar surface area (TPSA) is 121 Å². The molecule has 1 aliphatic heterocycles. The molecular weight excluding hydrogens is 517 g/mol. The van der Waals surface area contributed by atoms with Gasteiger partial charge in [0.05, 0.1) is 28.3 Å². The van der Waals surface area contributed by atoms with E-state index >= 15 is 0 Å². The average molecular weight is 540 g/mol. The molecule has 1 aromatic heterocycles. The molecule has 190 valence electrons. The Morgan fingerprint density at radius 1 is 1.14 bits per heavy atom. The molecule has 0 bridgehead atoms. The van der Waals surface area contributed by atoms with Gasteiger partial charge in [0, 0.05) is 47.1 Å². The summed E-state index contributed by atoms with van der Waals surface area (Å²) in [6.07, 6.45) is 4.06. The molecule has 1 aliphatic rings. The first-order valence-corrected chi connectivity index (χ1v) is 12.4. The van der Waals surface area contributed by atoms with Gasteiger partial charge in [-0.25, -0.2) is 4.79 Å². The van der Waals surface area contributed by atoms with E-state index in [1.165, 1.54) is 41.1 Å². The van der Waals surface area contributed by atoms with Crippen LogP contribution in [0.3, 0.4) is 0 Å². The number of nitrogens with one attached hydrogen (secondary N) is 1. The molecule has 2 unspecified atom stereocenters. The van der Waals surface area contributed by atoms with Crippen molar-refractivity contribution in [2.45, 2.75) is 37.8 Å². The van der Waals surface area contributed by atoms with Crippen LogP contribution in [0.4, 0.5) is 5.69 Å². The smallest absolute Gasteiger partial charge is 0.335 e. The highest BCUT2D eigenvalue weighted by atomic mass is 35.5. The molecule has 2 atom stereocenters. The van der Waals surface area contributed by atoms with Crippen LogP contribution in [0.2, 0.25) is 10.0 Å². The van der Waals surface area contributed by atoms with Crippen LogP contribution in [0, 0.1) is 11.3 Å². The van der Waals surface area contributed by atoms with E-state index in [1.807, 2.05) is 0 Å². The van der Waals surface area contributed by atoms with E-state index in [2.05, 4.69) is 11.4 Å². The molecule has 8 nitrogen and oxygen atoms in total. The maximum atomic E-state index is 13.4. The fourth-order valence-corrected chi connectivity index (χ4v) is 4.75. The van der Waals surface area contributed by atoms with Crippen LogP contribution < -0.4 is 10.9 Å². The van der Waals surface area contributed by atoms with Crippen LogP contribution in [-0.2, 0) is 9.53 Å². The van der Waals surface area contributed by atoms with Gasteiger partial charge in [-0.1, -0.05) is 23.2 Å². The van der Waals surface area contributed by atoms with Crippen LogP contribution in [-0.4, -0.2) is 34.3 Å². The molecule has 37 heavy (non-hydrogen) atoms. The summed E-state index contributed by atoms with van der Waals surface area (Å²) in [4.78, 5) is 37.9. The summed E-state index contributed by atoms with van der Waals surface area (Å²) >= 11 is 12.7. The number of nitriles is 1. The summed E-state index contributed by atoms with van der Waals surface area (Å²) in [6.45, 7) is 0.579. The summed E-state index contributed by atoms with van der Waals surface area (Å²) in [5.41, 5.74) is 1.04. The van der Waals surface area contributed by atoms with Gasteiger partial charge in [-0.3, -0.25) is 9.59 Å². The number of aromatic nitrogens is 1. The first kappa shape index (κ1) is 26.4. The minimum atomic E-state index is -1.08. The van der Waals surface area contributed by atoms with Crippen LogP contribution >= 0.6 is 23.2 Å². The highest BCUT2D eigenvalue weighted by Crippen LogP contribution is 2.32. The van der Waals surface area contributed by atoms with Crippen molar-refractivity contribution < 1.29 is 19.4 Å². The summed E-state index contributed by atoms with van der Waals surface area (Å²) in [5, 5.41) is 21.9. The summed E-state index contributed by atoms with van der Waals surface area (Å²) in [6, 6.07) is 12.8. The second-order valence-electron chi connectivity index (χ2n) is 8.69. The van der Waals surface area contributed by atoms with Gasteiger partial charge in [-0.2, -0.15) is 5.26 Å². The first-order chi connectivity index (χ1) is 17.8. The lowest BCUT2D eigenvalue weighted by atomic mass is 9.99. The molecule has 3 aromatic rings.